The van der Waals surface area contributed by atoms with Gasteiger partial charge in [0.2, 0.25) is 0 Å². The molecule has 0 bridgehead atoms. The topological polar surface area (TPSA) is 46.6 Å². The number of benzene rings is 2. The number of hydrogen-bond donors (Lipinski definition) is 0. The monoisotopic (exact) mass is 315 g/mol. The van der Waals surface area contributed by atoms with Crippen LogP contribution in [0.25, 0.3) is 0 Å². The minimum absolute atomic E-state index is 0.294. The lowest BCUT2D eigenvalue weighted by molar-refractivity contribution is 0.133. The minimum atomic E-state index is -1.56. The molecule has 2 aromatic carbocycles. The molecule has 0 aliphatic carbocycles. The number of nitrogens with zero attached hydrogens (tertiary/aromatic N) is 1. The normalized spacial score (nSPS) is 22.5. The summed E-state index contributed by atoms with van der Waals surface area (Å²) in [5.41, 5.74) is 1.99. The van der Waals surface area contributed by atoms with Crippen LogP contribution < -0.4 is 0 Å². The van der Waals surface area contributed by atoms with Crippen LogP contribution in [0.3, 0.4) is 0 Å². The van der Waals surface area contributed by atoms with Crippen LogP contribution >= 0.6 is 0 Å². The third kappa shape index (κ3) is 2.64. The average Bonchev–Trinajstić information content (AvgIpc) is 2.83. The predicted molar refractivity (Wildman–Crippen MR) is 84.6 cm³/mol. The summed E-state index contributed by atoms with van der Waals surface area (Å²) in [6.07, 6.45) is -0.941. The Balaban J connectivity index is 1.87. The van der Waals surface area contributed by atoms with Gasteiger partial charge in [0.05, 0.1) is 10.9 Å². The maximum atomic E-state index is 12.7. The Morgan fingerprint density at radius 1 is 1.05 bits per heavy atom. The maximum absolute atomic E-state index is 12.7. The summed E-state index contributed by atoms with van der Waals surface area (Å²) in [4.78, 5) is 12.8. The smallest absolute Gasteiger partial charge is 0.423 e. The zero-order valence-electron chi connectivity index (χ0n) is 12.4. The van der Waals surface area contributed by atoms with Gasteiger partial charge in [-0.05, 0) is 31.5 Å². The summed E-state index contributed by atoms with van der Waals surface area (Å²) < 4.78 is 19.4. The highest BCUT2D eigenvalue weighted by Gasteiger charge is 2.43. The fraction of sp³-hybridized carbons (Fsp3) is 0.235. The molecule has 22 heavy (non-hydrogen) atoms. The molecule has 1 aliphatic rings. The van der Waals surface area contributed by atoms with E-state index in [0.29, 0.717) is 4.90 Å². The lowest BCUT2D eigenvalue weighted by Crippen LogP contribution is -2.33. The summed E-state index contributed by atoms with van der Waals surface area (Å²) in [5.74, 6) is 0. The molecule has 1 fully saturated rings. The van der Waals surface area contributed by atoms with E-state index in [1.165, 1.54) is 4.31 Å². The minimum Gasteiger partial charge on any atom is -0.438 e. The Morgan fingerprint density at radius 2 is 1.68 bits per heavy atom. The van der Waals surface area contributed by atoms with Crippen LogP contribution in [0.15, 0.2) is 59.5 Å². The van der Waals surface area contributed by atoms with E-state index in [2.05, 4.69) is 0 Å². The van der Waals surface area contributed by atoms with Gasteiger partial charge in [0.15, 0.2) is 17.1 Å². The predicted octanol–water partition coefficient (Wildman–Crippen LogP) is 3.60. The van der Waals surface area contributed by atoms with Gasteiger partial charge in [-0.2, -0.15) is 0 Å². The highest BCUT2D eigenvalue weighted by atomic mass is 32.2. The van der Waals surface area contributed by atoms with E-state index in [-0.39, 0.29) is 6.04 Å². The number of rotatable bonds is 3. The van der Waals surface area contributed by atoms with Crippen molar-refractivity contribution in [3.63, 3.8) is 0 Å². The maximum Gasteiger partial charge on any atom is 0.423 e. The Morgan fingerprint density at radius 3 is 2.32 bits per heavy atom. The van der Waals surface area contributed by atoms with Crippen LogP contribution in [-0.4, -0.2) is 20.6 Å². The molecule has 1 amide bonds. The largest absolute Gasteiger partial charge is 0.438 e. The lowest BCUT2D eigenvalue weighted by atomic mass is 10.0. The first-order valence-corrected chi connectivity index (χ1v) is 8.22. The molecule has 0 radical (unpaired) electrons. The number of ether oxygens (including phenoxy) is 1. The third-order valence-corrected chi connectivity index (χ3v) is 5.26. The van der Waals surface area contributed by atoms with Crippen LogP contribution in [0.1, 0.15) is 24.2 Å². The Bertz CT molecular complexity index is 700. The third-order valence-electron chi connectivity index (χ3n) is 3.75. The molecule has 3 atom stereocenters. The van der Waals surface area contributed by atoms with Crippen LogP contribution in [0, 0.1) is 6.92 Å². The van der Waals surface area contributed by atoms with Crippen molar-refractivity contribution in [2.24, 2.45) is 0 Å². The van der Waals surface area contributed by atoms with E-state index in [0.717, 1.165) is 11.1 Å². The van der Waals surface area contributed by atoms with E-state index >= 15 is 0 Å². The van der Waals surface area contributed by atoms with Gasteiger partial charge >= 0.3 is 6.09 Å². The summed E-state index contributed by atoms with van der Waals surface area (Å²) in [6.45, 7) is 3.82. The van der Waals surface area contributed by atoms with Crippen molar-refractivity contribution in [1.82, 2.24) is 4.31 Å². The van der Waals surface area contributed by atoms with Gasteiger partial charge < -0.3 is 4.74 Å². The molecule has 114 valence electrons. The van der Waals surface area contributed by atoms with E-state index in [1.807, 2.05) is 56.3 Å². The number of carbonyl (C=O) groups excluding carboxylic acids is 1. The summed E-state index contributed by atoms with van der Waals surface area (Å²) >= 11 is 0. The molecule has 1 aliphatic heterocycles. The van der Waals surface area contributed by atoms with Crippen molar-refractivity contribution in [3.8, 4) is 0 Å². The molecule has 5 heteroatoms. The Labute approximate surface area is 132 Å². The van der Waals surface area contributed by atoms with Crippen LogP contribution in [0.2, 0.25) is 0 Å². The average molecular weight is 315 g/mol. The van der Waals surface area contributed by atoms with E-state index in [9.17, 15) is 9.00 Å². The first-order valence-electron chi connectivity index (χ1n) is 7.11. The standard InChI is InChI=1S/C17H17NO3S/c1-12-8-10-15(11-9-12)22(20)18-13(2)16(21-17(18)19)14-6-4-3-5-7-14/h3-11,13,16H,1-2H3/t13-,16-,22?/m1/s1. The highest BCUT2D eigenvalue weighted by Crippen LogP contribution is 2.34. The van der Waals surface area contributed by atoms with Crippen LogP contribution in [0.4, 0.5) is 4.79 Å². The molecule has 1 heterocycles. The molecule has 3 rings (SSSR count). The molecule has 0 spiro atoms. The quantitative estimate of drug-likeness (QED) is 0.869. The second-order valence-corrected chi connectivity index (χ2v) is 6.71. The van der Waals surface area contributed by atoms with Crippen molar-refractivity contribution in [3.05, 3.63) is 65.7 Å². The fourth-order valence-corrected chi connectivity index (χ4v) is 3.71. The summed E-state index contributed by atoms with van der Waals surface area (Å²) in [6, 6.07) is 16.6. The van der Waals surface area contributed by atoms with Gasteiger partial charge in [-0.1, -0.05) is 48.0 Å². The number of carbonyl (C=O) groups is 1. The summed E-state index contributed by atoms with van der Waals surface area (Å²) in [5, 5.41) is 0. The molecular weight excluding hydrogens is 298 g/mol. The van der Waals surface area contributed by atoms with Crippen molar-refractivity contribution in [2.75, 3.05) is 0 Å². The Hall–Kier alpha value is -2.14. The van der Waals surface area contributed by atoms with Crippen molar-refractivity contribution < 1.29 is 13.7 Å². The van der Waals surface area contributed by atoms with Crippen molar-refractivity contribution >= 4 is 17.1 Å². The number of amides is 1. The molecule has 0 aromatic heterocycles. The molecule has 0 N–H and O–H groups in total. The molecule has 1 saturated heterocycles. The number of aryl methyl sites for hydroxylation is 1. The van der Waals surface area contributed by atoms with E-state index in [4.69, 9.17) is 4.74 Å². The number of hydrogen-bond acceptors (Lipinski definition) is 3. The van der Waals surface area contributed by atoms with Gasteiger partial charge in [0, 0.05) is 0 Å². The van der Waals surface area contributed by atoms with E-state index in [1.54, 1.807) is 12.1 Å². The van der Waals surface area contributed by atoms with Crippen LogP contribution in [0.5, 0.6) is 0 Å². The second-order valence-electron chi connectivity index (χ2n) is 5.34. The molecule has 2 aromatic rings. The second kappa shape index (κ2) is 5.93. The highest BCUT2D eigenvalue weighted by molar-refractivity contribution is 7.83. The zero-order chi connectivity index (χ0) is 15.7. The van der Waals surface area contributed by atoms with Gasteiger partial charge in [-0.15, -0.1) is 0 Å². The lowest BCUT2D eigenvalue weighted by Gasteiger charge is -2.19. The van der Waals surface area contributed by atoms with Crippen molar-refractivity contribution in [1.29, 1.82) is 0 Å². The molecule has 1 unspecified atom stereocenters. The van der Waals surface area contributed by atoms with Crippen LogP contribution in [-0.2, 0) is 15.7 Å². The van der Waals surface area contributed by atoms with Gasteiger partial charge in [-0.25, -0.2) is 13.3 Å². The van der Waals surface area contributed by atoms with E-state index < -0.39 is 23.2 Å². The Kier molecular flexibility index (Phi) is 3.98. The van der Waals surface area contributed by atoms with Crippen molar-refractivity contribution in [2.45, 2.75) is 30.9 Å². The molecule has 0 saturated carbocycles. The summed E-state index contributed by atoms with van der Waals surface area (Å²) in [7, 11) is -1.56. The van der Waals surface area contributed by atoms with Gasteiger partial charge in [0.25, 0.3) is 0 Å². The number of cyclic esters (lactones) is 1. The first kappa shape index (κ1) is 14.8. The van der Waals surface area contributed by atoms with Gasteiger partial charge in [-0.3, -0.25) is 0 Å². The SMILES string of the molecule is Cc1ccc(S(=O)N2C(=O)O[C@@H](c3ccccc3)[C@H]2C)cc1. The zero-order valence-corrected chi connectivity index (χ0v) is 13.2. The fourth-order valence-electron chi connectivity index (χ4n) is 2.52. The first-order chi connectivity index (χ1) is 10.6. The molecular formula is C17H17NO3S. The molecule has 4 nitrogen and oxygen atoms in total. The van der Waals surface area contributed by atoms with Gasteiger partial charge in [0.1, 0.15) is 0 Å².